The van der Waals surface area contributed by atoms with E-state index in [0.29, 0.717) is 16.9 Å². The molecule has 0 saturated carbocycles. The van der Waals surface area contributed by atoms with Crippen LogP contribution in [-0.2, 0) is 14.6 Å². The van der Waals surface area contributed by atoms with E-state index in [-0.39, 0.29) is 29.7 Å². The van der Waals surface area contributed by atoms with Gasteiger partial charge in [-0.2, -0.15) is 0 Å². The van der Waals surface area contributed by atoms with Gasteiger partial charge in [0.25, 0.3) is 0 Å². The second-order valence-electron chi connectivity index (χ2n) is 5.68. The minimum absolute atomic E-state index is 0.0526. The molecule has 2 aromatic rings. The lowest BCUT2D eigenvalue weighted by atomic mass is 10.2. The molecule has 9 heteroatoms. The summed E-state index contributed by atoms with van der Waals surface area (Å²) in [5.41, 5.74) is 6.41. The van der Waals surface area contributed by atoms with Crippen LogP contribution in [0, 0.1) is 0 Å². The lowest BCUT2D eigenvalue weighted by molar-refractivity contribution is -0.114. The standard InChI is InChI=1S/C18H21N3O5S/c1-3-26-17-14(5-4-6-15(17)27(2,24)25)20-11-16(22)21-13-9-7-12(8-10-13)18(19)23/h4-10,20H,3,11H2,1-2H3,(H2,19,23)(H,21,22). The summed E-state index contributed by atoms with van der Waals surface area (Å²) in [7, 11) is -3.48. The number of amides is 2. The zero-order chi connectivity index (χ0) is 20.0. The molecule has 0 fully saturated rings. The van der Waals surface area contributed by atoms with E-state index in [1.165, 1.54) is 18.2 Å². The molecule has 0 bridgehead atoms. The Bertz CT molecular complexity index is 940. The molecule has 0 aliphatic heterocycles. The molecule has 0 atom stereocenters. The molecule has 0 unspecified atom stereocenters. The van der Waals surface area contributed by atoms with E-state index in [9.17, 15) is 18.0 Å². The van der Waals surface area contributed by atoms with Gasteiger partial charge in [0.2, 0.25) is 11.8 Å². The molecular weight excluding hydrogens is 370 g/mol. The molecule has 27 heavy (non-hydrogen) atoms. The number of carbonyl (C=O) groups is 2. The first-order chi connectivity index (χ1) is 12.7. The second kappa shape index (κ2) is 8.54. The van der Waals surface area contributed by atoms with Gasteiger partial charge in [0, 0.05) is 17.5 Å². The average Bonchev–Trinajstić information content (AvgIpc) is 2.60. The molecule has 0 heterocycles. The number of para-hydroxylation sites is 1. The van der Waals surface area contributed by atoms with Gasteiger partial charge in [-0.1, -0.05) is 6.07 Å². The summed E-state index contributed by atoms with van der Waals surface area (Å²) in [5.74, 6) is -0.723. The van der Waals surface area contributed by atoms with Crippen molar-refractivity contribution in [3.05, 3.63) is 48.0 Å². The summed E-state index contributed by atoms with van der Waals surface area (Å²) >= 11 is 0. The fourth-order valence-electron chi connectivity index (χ4n) is 2.34. The highest BCUT2D eigenvalue weighted by Gasteiger charge is 2.18. The topological polar surface area (TPSA) is 128 Å². The maximum Gasteiger partial charge on any atom is 0.248 e. The Labute approximate surface area is 157 Å². The third-order valence-corrected chi connectivity index (χ3v) is 4.68. The first-order valence-electron chi connectivity index (χ1n) is 8.12. The van der Waals surface area contributed by atoms with Crippen LogP contribution in [0.15, 0.2) is 47.4 Å². The lowest BCUT2D eigenvalue weighted by Crippen LogP contribution is -2.22. The van der Waals surface area contributed by atoms with E-state index in [4.69, 9.17) is 10.5 Å². The predicted octanol–water partition coefficient (Wildman–Crippen LogP) is 1.64. The van der Waals surface area contributed by atoms with Crippen LogP contribution in [0.2, 0.25) is 0 Å². The molecule has 0 radical (unpaired) electrons. The highest BCUT2D eigenvalue weighted by Crippen LogP contribution is 2.32. The molecule has 2 aromatic carbocycles. The maximum atomic E-state index is 12.1. The SMILES string of the molecule is CCOc1c(NCC(=O)Nc2ccc(C(N)=O)cc2)cccc1S(C)(=O)=O. The van der Waals surface area contributed by atoms with Crippen molar-refractivity contribution in [1.29, 1.82) is 0 Å². The number of benzene rings is 2. The fraction of sp³-hybridized carbons (Fsp3) is 0.222. The average molecular weight is 391 g/mol. The van der Waals surface area contributed by atoms with Crippen LogP contribution in [0.4, 0.5) is 11.4 Å². The molecular formula is C18H21N3O5S. The number of nitrogens with one attached hydrogen (secondary N) is 2. The normalized spacial score (nSPS) is 10.9. The minimum atomic E-state index is -3.48. The molecule has 0 saturated heterocycles. The lowest BCUT2D eigenvalue weighted by Gasteiger charge is -2.15. The van der Waals surface area contributed by atoms with Gasteiger partial charge in [0.15, 0.2) is 15.6 Å². The Hall–Kier alpha value is -3.07. The highest BCUT2D eigenvalue weighted by atomic mass is 32.2. The van der Waals surface area contributed by atoms with Crippen LogP contribution in [-0.4, -0.2) is 39.6 Å². The summed E-state index contributed by atoms with van der Waals surface area (Å²) in [5, 5.41) is 5.55. The van der Waals surface area contributed by atoms with Gasteiger partial charge in [0.05, 0.1) is 18.8 Å². The van der Waals surface area contributed by atoms with Crippen molar-refractivity contribution in [2.45, 2.75) is 11.8 Å². The van der Waals surface area contributed by atoms with Gasteiger partial charge in [-0.3, -0.25) is 9.59 Å². The maximum absolute atomic E-state index is 12.1. The number of hydrogen-bond donors (Lipinski definition) is 3. The monoisotopic (exact) mass is 391 g/mol. The number of carbonyl (C=O) groups excluding carboxylic acids is 2. The van der Waals surface area contributed by atoms with Crippen molar-refractivity contribution in [3.8, 4) is 5.75 Å². The second-order valence-corrected chi connectivity index (χ2v) is 7.67. The van der Waals surface area contributed by atoms with Crippen LogP contribution in [0.5, 0.6) is 5.75 Å². The van der Waals surface area contributed by atoms with E-state index in [0.717, 1.165) is 6.26 Å². The third kappa shape index (κ3) is 5.45. The molecule has 0 aliphatic carbocycles. The van der Waals surface area contributed by atoms with E-state index in [2.05, 4.69) is 10.6 Å². The molecule has 2 rings (SSSR count). The predicted molar refractivity (Wildman–Crippen MR) is 103 cm³/mol. The van der Waals surface area contributed by atoms with Crippen molar-refractivity contribution in [3.63, 3.8) is 0 Å². The quantitative estimate of drug-likeness (QED) is 0.628. The summed E-state index contributed by atoms with van der Waals surface area (Å²) < 4.78 is 29.3. The molecule has 2 amide bonds. The van der Waals surface area contributed by atoms with E-state index < -0.39 is 15.7 Å². The summed E-state index contributed by atoms with van der Waals surface area (Å²) in [4.78, 5) is 23.2. The Morgan fingerprint density at radius 2 is 1.78 bits per heavy atom. The Morgan fingerprint density at radius 3 is 2.33 bits per heavy atom. The summed E-state index contributed by atoms with van der Waals surface area (Å²) in [6.45, 7) is 1.91. The Kier molecular flexibility index (Phi) is 6.40. The fourth-order valence-corrected chi connectivity index (χ4v) is 3.17. The molecule has 144 valence electrons. The summed E-state index contributed by atoms with van der Waals surface area (Å²) in [6.07, 6.45) is 1.09. The third-order valence-electron chi connectivity index (χ3n) is 3.56. The zero-order valence-corrected chi connectivity index (χ0v) is 15.8. The van der Waals surface area contributed by atoms with E-state index in [1.54, 1.807) is 31.2 Å². The van der Waals surface area contributed by atoms with Crippen molar-refractivity contribution < 1.29 is 22.7 Å². The van der Waals surface area contributed by atoms with Crippen LogP contribution in [0.3, 0.4) is 0 Å². The van der Waals surface area contributed by atoms with Crippen LogP contribution >= 0.6 is 0 Å². The first kappa shape index (κ1) is 20.2. The number of rotatable bonds is 8. The molecule has 0 aliphatic rings. The van der Waals surface area contributed by atoms with Gasteiger partial charge >= 0.3 is 0 Å². The van der Waals surface area contributed by atoms with Crippen molar-refractivity contribution in [2.75, 3.05) is 30.0 Å². The summed E-state index contributed by atoms with van der Waals surface area (Å²) in [6, 6.07) is 10.8. The van der Waals surface area contributed by atoms with Gasteiger partial charge in [-0.15, -0.1) is 0 Å². The van der Waals surface area contributed by atoms with Gasteiger partial charge in [-0.05, 0) is 43.3 Å². The van der Waals surface area contributed by atoms with E-state index in [1.807, 2.05) is 0 Å². The smallest absolute Gasteiger partial charge is 0.248 e. The minimum Gasteiger partial charge on any atom is -0.490 e. The van der Waals surface area contributed by atoms with Crippen LogP contribution in [0.25, 0.3) is 0 Å². The van der Waals surface area contributed by atoms with Gasteiger partial charge < -0.3 is 21.1 Å². The number of primary amides is 1. The van der Waals surface area contributed by atoms with Crippen LogP contribution in [0.1, 0.15) is 17.3 Å². The number of anilines is 2. The number of ether oxygens (including phenoxy) is 1. The number of nitrogens with two attached hydrogens (primary N) is 1. The Morgan fingerprint density at radius 1 is 1.11 bits per heavy atom. The first-order valence-corrected chi connectivity index (χ1v) is 10.0. The largest absolute Gasteiger partial charge is 0.490 e. The molecule has 4 N–H and O–H groups in total. The van der Waals surface area contributed by atoms with Crippen LogP contribution < -0.4 is 21.1 Å². The number of hydrogen-bond acceptors (Lipinski definition) is 6. The Balaban J connectivity index is 2.09. The number of sulfone groups is 1. The van der Waals surface area contributed by atoms with Gasteiger partial charge in [0.1, 0.15) is 4.90 Å². The van der Waals surface area contributed by atoms with Crippen molar-refractivity contribution >= 4 is 33.0 Å². The highest BCUT2D eigenvalue weighted by molar-refractivity contribution is 7.90. The van der Waals surface area contributed by atoms with Crippen molar-refractivity contribution in [2.24, 2.45) is 5.73 Å². The molecule has 0 aromatic heterocycles. The molecule has 0 spiro atoms. The van der Waals surface area contributed by atoms with Crippen molar-refractivity contribution in [1.82, 2.24) is 0 Å². The zero-order valence-electron chi connectivity index (χ0n) is 15.0. The van der Waals surface area contributed by atoms with Gasteiger partial charge in [-0.25, -0.2) is 8.42 Å². The molecule has 8 nitrogen and oxygen atoms in total. The van der Waals surface area contributed by atoms with E-state index >= 15 is 0 Å².